The lowest BCUT2D eigenvalue weighted by Gasteiger charge is -2.32. The Morgan fingerprint density at radius 2 is 1.33 bits per heavy atom. The van der Waals surface area contributed by atoms with Gasteiger partial charge >= 0.3 is 6.09 Å². The SMILES string of the molecule is COc1ccc(CC(CC(O)C(Cc2ccccc2)NC(=O)OC(C)(C)C)C(=O)NC(C(=O)NC(Cc2ccccc2)C(=O)N2CCOCC2)C(C)C)cc1. The van der Waals surface area contributed by atoms with E-state index in [9.17, 15) is 24.3 Å². The number of benzene rings is 3. The summed E-state index contributed by atoms with van der Waals surface area (Å²) in [6.45, 7) is 10.6. The fraction of sp³-hybridized carbons (Fsp3) is 0.488. The Bertz CT molecular complexity index is 1660. The van der Waals surface area contributed by atoms with Crippen LogP contribution in [0.2, 0.25) is 0 Å². The number of nitrogens with one attached hydrogen (secondary N) is 3. The van der Waals surface area contributed by atoms with Gasteiger partial charge in [-0.1, -0.05) is 86.6 Å². The Kier molecular flexibility index (Phi) is 16.1. The number of aliphatic hydroxyl groups excluding tert-OH is 1. The smallest absolute Gasteiger partial charge is 0.407 e. The standard InChI is InChI=1S/C43H58N4O8/c1-29(2)38(40(50)44-36(27-31-15-11-8-12-16-31)41(51)47-21-23-54-24-22-47)46-39(49)33(25-32-17-19-34(53-6)20-18-32)28-37(48)35(26-30-13-9-7-10-14-30)45-42(52)55-43(3,4)5/h7-20,29,33,35-38,48H,21-28H2,1-6H3,(H,44,50)(H,45,52)(H,46,49). The topological polar surface area (TPSA) is 156 Å². The third kappa shape index (κ3) is 14.0. The lowest BCUT2D eigenvalue weighted by atomic mass is 9.88. The fourth-order valence-corrected chi connectivity index (χ4v) is 6.52. The Labute approximate surface area is 325 Å². The Morgan fingerprint density at radius 1 is 0.764 bits per heavy atom. The van der Waals surface area contributed by atoms with Gasteiger partial charge in [-0.15, -0.1) is 0 Å². The van der Waals surface area contributed by atoms with Crippen molar-refractivity contribution in [2.75, 3.05) is 33.4 Å². The van der Waals surface area contributed by atoms with Crippen molar-refractivity contribution < 1.29 is 38.5 Å². The molecule has 1 heterocycles. The molecule has 0 saturated carbocycles. The van der Waals surface area contributed by atoms with Gasteiger partial charge in [-0.05, 0) is 74.8 Å². The summed E-state index contributed by atoms with van der Waals surface area (Å²) in [5, 5.41) is 20.6. The minimum atomic E-state index is -1.17. The first-order valence-electron chi connectivity index (χ1n) is 19.1. The molecule has 298 valence electrons. The molecule has 12 heteroatoms. The average Bonchev–Trinajstić information content (AvgIpc) is 3.16. The van der Waals surface area contributed by atoms with E-state index < -0.39 is 53.7 Å². The highest BCUT2D eigenvalue weighted by molar-refractivity contribution is 5.93. The van der Waals surface area contributed by atoms with Crippen LogP contribution in [0.1, 0.15) is 57.7 Å². The van der Waals surface area contributed by atoms with Crippen LogP contribution in [0, 0.1) is 11.8 Å². The molecule has 0 aliphatic carbocycles. The third-order valence-corrected chi connectivity index (χ3v) is 9.47. The quantitative estimate of drug-likeness (QED) is 0.157. The molecule has 0 aromatic heterocycles. The van der Waals surface area contributed by atoms with E-state index >= 15 is 0 Å². The van der Waals surface area contributed by atoms with Gasteiger partial charge < -0.3 is 40.2 Å². The average molecular weight is 759 g/mol. The van der Waals surface area contributed by atoms with Crippen molar-refractivity contribution in [3.63, 3.8) is 0 Å². The highest BCUT2D eigenvalue weighted by atomic mass is 16.6. The fourth-order valence-electron chi connectivity index (χ4n) is 6.52. The van der Waals surface area contributed by atoms with Crippen LogP contribution in [0.4, 0.5) is 4.79 Å². The summed E-state index contributed by atoms with van der Waals surface area (Å²) in [6.07, 6.45) is -1.10. The van der Waals surface area contributed by atoms with Gasteiger partial charge in [0.2, 0.25) is 17.7 Å². The number of rotatable bonds is 17. The minimum absolute atomic E-state index is 0.0380. The molecule has 1 fully saturated rings. The van der Waals surface area contributed by atoms with E-state index in [0.29, 0.717) is 32.1 Å². The molecule has 12 nitrogen and oxygen atoms in total. The first-order valence-corrected chi connectivity index (χ1v) is 19.1. The second-order valence-corrected chi connectivity index (χ2v) is 15.4. The van der Waals surface area contributed by atoms with E-state index in [0.717, 1.165) is 16.7 Å². The second-order valence-electron chi connectivity index (χ2n) is 15.4. The monoisotopic (exact) mass is 758 g/mol. The molecule has 1 saturated heterocycles. The number of methoxy groups -OCH3 is 1. The van der Waals surface area contributed by atoms with Gasteiger partial charge in [-0.25, -0.2) is 4.79 Å². The van der Waals surface area contributed by atoms with Crippen LogP contribution in [-0.2, 0) is 43.1 Å². The van der Waals surface area contributed by atoms with Gasteiger partial charge in [0.1, 0.15) is 23.4 Å². The predicted molar refractivity (Wildman–Crippen MR) is 210 cm³/mol. The molecule has 0 bridgehead atoms. The highest BCUT2D eigenvalue weighted by Crippen LogP contribution is 2.22. The van der Waals surface area contributed by atoms with E-state index in [2.05, 4.69) is 16.0 Å². The summed E-state index contributed by atoms with van der Waals surface area (Å²) in [5.41, 5.74) is 1.82. The van der Waals surface area contributed by atoms with Crippen LogP contribution in [0.5, 0.6) is 5.75 Å². The molecule has 3 aromatic carbocycles. The van der Waals surface area contributed by atoms with Crippen molar-refractivity contribution in [2.45, 2.75) is 90.1 Å². The van der Waals surface area contributed by atoms with Crippen LogP contribution in [0.3, 0.4) is 0 Å². The summed E-state index contributed by atoms with van der Waals surface area (Å²) in [7, 11) is 1.57. The summed E-state index contributed by atoms with van der Waals surface area (Å²) in [6, 6.07) is 23.6. The van der Waals surface area contributed by atoms with E-state index in [1.807, 2.05) is 86.6 Å². The maximum Gasteiger partial charge on any atom is 0.407 e. The van der Waals surface area contributed by atoms with Crippen molar-refractivity contribution >= 4 is 23.8 Å². The van der Waals surface area contributed by atoms with Gasteiger partial charge in [0, 0.05) is 25.4 Å². The highest BCUT2D eigenvalue weighted by Gasteiger charge is 2.35. The number of hydrogen-bond donors (Lipinski definition) is 4. The van der Waals surface area contributed by atoms with Crippen molar-refractivity contribution in [3.05, 3.63) is 102 Å². The van der Waals surface area contributed by atoms with Crippen molar-refractivity contribution in [3.8, 4) is 5.75 Å². The maximum absolute atomic E-state index is 14.3. The van der Waals surface area contributed by atoms with E-state index in [1.54, 1.807) is 44.9 Å². The maximum atomic E-state index is 14.3. The minimum Gasteiger partial charge on any atom is -0.497 e. The lowest BCUT2D eigenvalue weighted by Crippen LogP contribution is -2.58. The predicted octanol–water partition coefficient (Wildman–Crippen LogP) is 4.47. The Balaban J connectivity index is 1.58. The number of nitrogens with zero attached hydrogens (tertiary/aromatic N) is 1. The van der Waals surface area contributed by atoms with Gasteiger partial charge in [0.15, 0.2) is 0 Å². The van der Waals surface area contributed by atoms with Gasteiger partial charge in [0.25, 0.3) is 0 Å². The lowest BCUT2D eigenvalue weighted by molar-refractivity contribution is -0.141. The zero-order valence-corrected chi connectivity index (χ0v) is 33.0. The van der Waals surface area contributed by atoms with E-state index in [4.69, 9.17) is 14.2 Å². The molecule has 1 aliphatic rings. The molecule has 1 aliphatic heterocycles. The molecule has 0 spiro atoms. The zero-order valence-electron chi connectivity index (χ0n) is 33.0. The summed E-state index contributed by atoms with van der Waals surface area (Å²) in [4.78, 5) is 56.9. The molecule has 4 amide bonds. The molecular weight excluding hydrogens is 700 g/mol. The number of aliphatic hydroxyl groups is 1. The number of alkyl carbamates (subject to hydrolysis) is 1. The molecule has 55 heavy (non-hydrogen) atoms. The van der Waals surface area contributed by atoms with E-state index in [1.165, 1.54) is 0 Å². The van der Waals surface area contributed by atoms with Crippen molar-refractivity contribution in [1.82, 2.24) is 20.9 Å². The zero-order chi connectivity index (χ0) is 40.0. The van der Waals surface area contributed by atoms with Gasteiger partial charge in [-0.2, -0.15) is 0 Å². The van der Waals surface area contributed by atoms with Crippen molar-refractivity contribution in [1.29, 1.82) is 0 Å². The normalized spacial score (nSPS) is 15.9. The van der Waals surface area contributed by atoms with E-state index in [-0.39, 0.29) is 37.5 Å². The second kappa shape index (κ2) is 20.7. The van der Waals surface area contributed by atoms with Crippen LogP contribution >= 0.6 is 0 Å². The largest absolute Gasteiger partial charge is 0.497 e. The summed E-state index contributed by atoms with van der Waals surface area (Å²) in [5.74, 6) is -1.64. The number of amides is 4. The van der Waals surface area contributed by atoms with Gasteiger partial charge in [0.05, 0.1) is 32.5 Å². The molecule has 5 unspecified atom stereocenters. The number of morpholine rings is 1. The first kappa shape index (κ1) is 42.8. The Hall–Kier alpha value is -4.94. The molecule has 0 radical (unpaired) electrons. The van der Waals surface area contributed by atoms with Crippen LogP contribution < -0.4 is 20.7 Å². The molecule has 3 aromatic rings. The Morgan fingerprint density at radius 3 is 1.87 bits per heavy atom. The van der Waals surface area contributed by atoms with Crippen LogP contribution in [0.25, 0.3) is 0 Å². The first-order chi connectivity index (χ1) is 26.2. The van der Waals surface area contributed by atoms with Crippen LogP contribution in [-0.4, -0.2) is 97.1 Å². The molecular formula is C43H58N4O8. The summed E-state index contributed by atoms with van der Waals surface area (Å²) >= 11 is 0. The summed E-state index contributed by atoms with van der Waals surface area (Å²) < 4.78 is 16.3. The molecule has 5 atom stereocenters. The van der Waals surface area contributed by atoms with Gasteiger partial charge in [-0.3, -0.25) is 14.4 Å². The molecule has 4 N–H and O–H groups in total. The number of carbonyl (C=O) groups excluding carboxylic acids is 4. The third-order valence-electron chi connectivity index (χ3n) is 9.47. The number of carbonyl (C=O) groups is 4. The molecule has 4 rings (SSSR count). The number of hydrogen-bond acceptors (Lipinski definition) is 8. The van der Waals surface area contributed by atoms with Crippen LogP contribution in [0.15, 0.2) is 84.9 Å². The number of ether oxygens (including phenoxy) is 3. The van der Waals surface area contributed by atoms with Crippen molar-refractivity contribution in [2.24, 2.45) is 11.8 Å².